The van der Waals surface area contributed by atoms with E-state index in [-0.39, 0.29) is 11.1 Å². The van der Waals surface area contributed by atoms with Crippen LogP contribution in [0.2, 0.25) is 0 Å². The summed E-state index contributed by atoms with van der Waals surface area (Å²) in [6.45, 7) is 2.52. The fourth-order valence-electron chi connectivity index (χ4n) is 2.59. The molecule has 2 aromatic carbocycles. The first-order chi connectivity index (χ1) is 13.2. The van der Waals surface area contributed by atoms with Gasteiger partial charge in [-0.15, -0.1) is 11.8 Å². The van der Waals surface area contributed by atoms with E-state index < -0.39 is 11.9 Å². The van der Waals surface area contributed by atoms with Crippen LogP contribution in [-0.4, -0.2) is 24.8 Å². The van der Waals surface area contributed by atoms with Crippen molar-refractivity contribution in [2.24, 2.45) is 0 Å². The number of thioether (sulfide) groups is 1. The lowest BCUT2D eigenvalue weighted by atomic mass is 10.1. The highest BCUT2D eigenvalue weighted by Crippen LogP contribution is 2.21. The molecule has 0 saturated carbocycles. The molecule has 0 spiro atoms. The van der Waals surface area contributed by atoms with E-state index in [1.807, 2.05) is 18.4 Å². The van der Waals surface area contributed by atoms with Gasteiger partial charge in [-0.3, -0.25) is 0 Å². The number of hydrogen-bond donors (Lipinski definition) is 0. The molecule has 2 rings (SSSR count). The molecule has 0 unspecified atom stereocenters. The topological polar surface area (TPSA) is 52.6 Å². The molecule has 0 aromatic heterocycles. The highest BCUT2D eigenvalue weighted by atomic mass is 32.2. The second-order valence-electron chi connectivity index (χ2n) is 6.16. The molecule has 4 nitrogen and oxygen atoms in total. The maximum Gasteiger partial charge on any atom is 0.344 e. The first-order valence-corrected chi connectivity index (χ1v) is 10.5. The highest BCUT2D eigenvalue weighted by Gasteiger charge is 2.19. The Balaban J connectivity index is 1.96. The number of ether oxygens (including phenoxy) is 2. The van der Waals surface area contributed by atoms with Gasteiger partial charge in [0.2, 0.25) is 0 Å². The molecule has 0 heterocycles. The first kappa shape index (κ1) is 21.0. The third kappa shape index (κ3) is 6.75. The number of esters is 2. The minimum atomic E-state index is -0.567. The van der Waals surface area contributed by atoms with Crippen molar-refractivity contribution >= 4 is 23.7 Å². The molecule has 2 aromatic rings. The summed E-state index contributed by atoms with van der Waals surface area (Å²) in [7, 11) is 0. The summed E-state index contributed by atoms with van der Waals surface area (Å²) >= 11 is 1.61. The van der Waals surface area contributed by atoms with Gasteiger partial charge in [0.05, 0.1) is 17.7 Å². The van der Waals surface area contributed by atoms with E-state index in [4.69, 9.17) is 9.47 Å². The maximum atomic E-state index is 12.5. The molecule has 0 atom stereocenters. The van der Waals surface area contributed by atoms with Crippen LogP contribution in [0.15, 0.2) is 53.4 Å². The summed E-state index contributed by atoms with van der Waals surface area (Å²) in [5.41, 5.74) is 0.444. The zero-order valence-electron chi connectivity index (χ0n) is 15.9. The van der Waals surface area contributed by atoms with Crippen molar-refractivity contribution in [3.8, 4) is 5.75 Å². The van der Waals surface area contributed by atoms with Gasteiger partial charge in [0.15, 0.2) is 0 Å². The summed E-state index contributed by atoms with van der Waals surface area (Å²) in [5.74, 6) is -0.616. The van der Waals surface area contributed by atoms with Crippen molar-refractivity contribution in [2.45, 2.75) is 43.9 Å². The van der Waals surface area contributed by atoms with Crippen LogP contribution in [0.25, 0.3) is 0 Å². The van der Waals surface area contributed by atoms with Crippen LogP contribution in [0, 0.1) is 0 Å². The van der Waals surface area contributed by atoms with Gasteiger partial charge in [-0.2, -0.15) is 0 Å². The van der Waals surface area contributed by atoms with Gasteiger partial charge in [0, 0.05) is 4.90 Å². The molecule has 0 N–H and O–H groups in total. The number of rotatable bonds is 10. The van der Waals surface area contributed by atoms with Gasteiger partial charge in [-0.05, 0) is 49.1 Å². The Bertz CT molecular complexity index is 740. The zero-order valence-corrected chi connectivity index (χ0v) is 16.7. The Morgan fingerprint density at radius 1 is 0.852 bits per heavy atom. The van der Waals surface area contributed by atoms with Crippen LogP contribution in [-0.2, 0) is 4.74 Å². The molecule has 0 aliphatic rings. The van der Waals surface area contributed by atoms with Crippen molar-refractivity contribution in [2.75, 3.05) is 12.9 Å². The predicted molar refractivity (Wildman–Crippen MR) is 109 cm³/mol. The average Bonchev–Trinajstić information content (AvgIpc) is 2.71. The Morgan fingerprint density at radius 2 is 1.48 bits per heavy atom. The molecule has 0 aliphatic heterocycles. The van der Waals surface area contributed by atoms with E-state index in [1.165, 1.54) is 12.8 Å². The van der Waals surface area contributed by atoms with E-state index >= 15 is 0 Å². The SMILES string of the molecule is CCCCCCCOC(=O)c1ccccc1C(=O)Oc1ccc(SC)cc1. The van der Waals surface area contributed by atoms with Crippen molar-refractivity contribution < 1.29 is 19.1 Å². The molecule has 144 valence electrons. The van der Waals surface area contributed by atoms with Crippen molar-refractivity contribution in [3.63, 3.8) is 0 Å². The molecule has 0 amide bonds. The first-order valence-electron chi connectivity index (χ1n) is 9.28. The average molecular weight is 387 g/mol. The quantitative estimate of drug-likeness (QED) is 0.225. The Hall–Kier alpha value is -2.27. The van der Waals surface area contributed by atoms with Crippen LogP contribution in [0.4, 0.5) is 0 Å². The predicted octanol–water partition coefficient (Wildman–Crippen LogP) is 5.75. The van der Waals surface area contributed by atoms with Crippen molar-refractivity contribution in [1.82, 2.24) is 0 Å². The molecule has 0 bridgehead atoms. The summed E-state index contributed by atoms with van der Waals surface area (Å²) in [5, 5.41) is 0. The second-order valence-corrected chi connectivity index (χ2v) is 7.04. The van der Waals surface area contributed by atoms with E-state index in [1.54, 1.807) is 48.2 Å². The minimum absolute atomic E-state index is 0.211. The standard InChI is InChI=1S/C22H26O4S/c1-3-4-5-6-9-16-25-21(23)19-10-7-8-11-20(19)22(24)26-17-12-14-18(27-2)15-13-17/h7-8,10-15H,3-6,9,16H2,1-2H3. The smallest absolute Gasteiger partial charge is 0.344 e. The lowest BCUT2D eigenvalue weighted by Gasteiger charge is -2.10. The molecule has 0 radical (unpaired) electrons. The Labute approximate surface area is 165 Å². The normalized spacial score (nSPS) is 10.4. The summed E-state index contributed by atoms with van der Waals surface area (Å²) in [4.78, 5) is 26.0. The van der Waals surface area contributed by atoms with Gasteiger partial charge < -0.3 is 9.47 Å². The van der Waals surface area contributed by atoms with Gasteiger partial charge in [-0.1, -0.05) is 44.7 Å². The van der Waals surface area contributed by atoms with E-state index in [0.29, 0.717) is 12.4 Å². The fourth-order valence-corrected chi connectivity index (χ4v) is 3.00. The number of hydrogen-bond acceptors (Lipinski definition) is 5. The van der Waals surface area contributed by atoms with E-state index in [9.17, 15) is 9.59 Å². The molecular formula is C22H26O4S. The maximum absolute atomic E-state index is 12.5. The van der Waals surface area contributed by atoms with Crippen LogP contribution in [0.3, 0.4) is 0 Å². The van der Waals surface area contributed by atoms with Gasteiger partial charge in [0.1, 0.15) is 5.75 Å². The lowest BCUT2D eigenvalue weighted by molar-refractivity contribution is 0.0489. The van der Waals surface area contributed by atoms with Crippen molar-refractivity contribution in [3.05, 3.63) is 59.7 Å². The molecule has 0 fully saturated rings. The van der Waals surface area contributed by atoms with Gasteiger partial charge >= 0.3 is 11.9 Å². The summed E-state index contributed by atoms with van der Waals surface area (Å²) in [6.07, 6.45) is 7.37. The molecule has 5 heteroatoms. The van der Waals surface area contributed by atoms with Crippen LogP contribution >= 0.6 is 11.8 Å². The minimum Gasteiger partial charge on any atom is -0.462 e. The van der Waals surface area contributed by atoms with E-state index in [0.717, 1.165) is 24.2 Å². The van der Waals surface area contributed by atoms with Crippen LogP contribution < -0.4 is 4.74 Å². The summed E-state index contributed by atoms with van der Waals surface area (Å²) in [6, 6.07) is 13.8. The highest BCUT2D eigenvalue weighted by molar-refractivity contribution is 7.98. The number of carbonyl (C=O) groups excluding carboxylic acids is 2. The molecule has 0 saturated heterocycles. The Kier molecular flexibility index (Phi) is 8.92. The summed E-state index contributed by atoms with van der Waals surface area (Å²) < 4.78 is 10.7. The van der Waals surface area contributed by atoms with Gasteiger partial charge in [0.25, 0.3) is 0 Å². The number of benzene rings is 2. The lowest BCUT2D eigenvalue weighted by Crippen LogP contribution is -2.16. The number of carbonyl (C=O) groups is 2. The molecule has 27 heavy (non-hydrogen) atoms. The third-order valence-electron chi connectivity index (χ3n) is 4.12. The van der Waals surface area contributed by atoms with Crippen LogP contribution in [0.5, 0.6) is 5.75 Å². The van der Waals surface area contributed by atoms with Crippen molar-refractivity contribution in [1.29, 1.82) is 0 Å². The number of unbranched alkanes of at least 4 members (excludes halogenated alkanes) is 4. The molecule has 0 aliphatic carbocycles. The Morgan fingerprint density at radius 3 is 2.11 bits per heavy atom. The molecular weight excluding hydrogens is 360 g/mol. The monoisotopic (exact) mass is 386 g/mol. The van der Waals surface area contributed by atoms with Crippen LogP contribution in [0.1, 0.15) is 59.7 Å². The largest absolute Gasteiger partial charge is 0.462 e. The zero-order chi connectivity index (χ0) is 19.5. The fraction of sp³-hybridized carbons (Fsp3) is 0.364. The third-order valence-corrected chi connectivity index (χ3v) is 4.86. The second kappa shape index (κ2) is 11.4. The van der Waals surface area contributed by atoms with Gasteiger partial charge in [-0.25, -0.2) is 9.59 Å². The van der Waals surface area contributed by atoms with E-state index in [2.05, 4.69) is 6.92 Å².